The van der Waals surface area contributed by atoms with Crippen molar-refractivity contribution in [1.29, 1.82) is 0 Å². The zero-order valence-electron chi connectivity index (χ0n) is 9.79. The van der Waals surface area contributed by atoms with E-state index in [0.717, 1.165) is 0 Å². The summed E-state index contributed by atoms with van der Waals surface area (Å²) >= 11 is 0. The van der Waals surface area contributed by atoms with Gasteiger partial charge in [-0.1, -0.05) is 6.92 Å². The zero-order chi connectivity index (χ0) is 12.8. The number of hydrogen-bond donors (Lipinski definition) is 1. The van der Waals surface area contributed by atoms with E-state index >= 15 is 0 Å². The van der Waals surface area contributed by atoms with Crippen molar-refractivity contribution in [2.45, 2.75) is 6.92 Å². The van der Waals surface area contributed by atoms with Crippen LogP contribution in [0.3, 0.4) is 0 Å². The third kappa shape index (κ3) is 4.14. The molecular formula is C12H15NO4. The van der Waals surface area contributed by atoms with Crippen molar-refractivity contribution < 1.29 is 19.1 Å². The van der Waals surface area contributed by atoms with Crippen molar-refractivity contribution in [2.75, 3.05) is 13.6 Å². The highest BCUT2D eigenvalue weighted by Crippen LogP contribution is 2.04. The second kappa shape index (κ2) is 5.89. The molecule has 1 heterocycles. The van der Waals surface area contributed by atoms with Crippen LogP contribution < -0.4 is 0 Å². The molecule has 0 aromatic carbocycles. The first-order valence-corrected chi connectivity index (χ1v) is 5.20. The van der Waals surface area contributed by atoms with Crippen LogP contribution in [-0.4, -0.2) is 35.5 Å². The molecule has 0 radical (unpaired) electrons. The predicted octanol–water partition coefficient (Wildman–Crippen LogP) is 1.47. The molecule has 1 N–H and O–H groups in total. The number of furan rings is 1. The van der Waals surface area contributed by atoms with E-state index in [1.165, 1.54) is 17.2 Å². The van der Waals surface area contributed by atoms with Gasteiger partial charge >= 0.3 is 5.97 Å². The fourth-order valence-electron chi connectivity index (χ4n) is 1.25. The Morgan fingerprint density at radius 1 is 1.59 bits per heavy atom. The molecule has 0 saturated carbocycles. The molecule has 92 valence electrons. The van der Waals surface area contributed by atoms with Crippen molar-refractivity contribution in [2.24, 2.45) is 5.92 Å². The lowest BCUT2D eigenvalue weighted by Gasteiger charge is -2.17. The summed E-state index contributed by atoms with van der Waals surface area (Å²) in [6, 6.07) is 3.45. The summed E-state index contributed by atoms with van der Waals surface area (Å²) in [5.41, 5.74) is 0. The molecule has 1 rings (SSSR count). The lowest BCUT2D eigenvalue weighted by Crippen LogP contribution is -2.32. The molecule has 0 fully saturated rings. The minimum absolute atomic E-state index is 0.177. The van der Waals surface area contributed by atoms with E-state index < -0.39 is 11.9 Å². The largest absolute Gasteiger partial charge is 0.481 e. The maximum Gasteiger partial charge on any atom is 0.308 e. The number of carboxylic acids is 1. The van der Waals surface area contributed by atoms with Crippen molar-refractivity contribution >= 4 is 18.0 Å². The predicted molar refractivity (Wildman–Crippen MR) is 62.2 cm³/mol. The number of nitrogens with zero attached hydrogens (tertiary/aromatic N) is 1. The Morgan fingerprint density at radius 2 is 2.29 bits per heavy atom. The van der Waals surface area contributed by atoms with Gasteiger partial charge in [-0.15, -0.1) is 0 Å². The molecule has 1 unspecified atom stereocenters. The topological polar surface area (TPSA) is 70.8 Å². The maximum atomic E-state index is 11.6. The third-order valence-electron chi connectivity index (χ3n) is 2.28. The average Bonchev–Trinajstić information content (AvgIpc) is 2.78. The second-order valence-electron chi connectivity index (χ2n) is 3.81. The molecule has 5 nitrogen and oxygen atoms in total. The van der Waals surface area contributed by atoms with E-state index in [1.54, 1.807) is 32.2 Å². The average molecular weight is 237 g/mol. The first kappa shape index (κ1) is 13.0. The van der Waals surface area contributed by atoms with Crippen LogP contribution >= 0.6 is 0 Å². The number of carbonyl (C=O) groups excluding carboxylic acids is 1. The van der Waals surface area contributed by atoms with Gasteiger partial charge in [-0.3, -0.25) is 9.59 Å². The summed E-state index contributed by atoms with van der Waals surface area (Å²) in [6.45, 7) is 1.74. The van der Waals surface area contributed by atoms with Crippen LogP contribution in [0.1, 0.15) is 12.7 Å². The Morgan fingerprint density at radius 3 is 2.82 bits per heavy atom. The molecule has 0 aliphatic heterocycles. The summed E-state index contributed by atoms with van der Waals surface area (Å²) in [4.78, 5) is 23.6. The quantitative estimate of drug-likeness (QED) is 0.787. The molecule has 17 heavy (non-hydrogen) atoms. The van der Waals surface area contributed by atoms with Gasteiger partial charge in [-0.2, -0.15) is 0 Å². The fraction of sp³-hybridized carbons (Fsp3) is 0.333. The Kier molecular flexibility index (Phi) is 4.51. The van der Waals surface area contributed by atoms with Gasteiger partial charge in [-0.25, -0.2) is 0 Å². The summed E-state index contributed by atoms with van der Waals surface area (Å²) in [7, 11) is 1.56. The van der Waals surface area contributed by atoms with E-state index in [1.807, 2.05) is 0 Å². The van der Waals surface area contributed by atoms with Crippen molar-refractivity contribution in [3.63, 3.8) is 0 Å². The molecule has 5 heteroatoms. The standard InChI is InChI=1S/C12H15NO4/c1-9(12(15)16)8-13(2)11(14)6-5-10-4-3-7-17-10/h3-7,9H,8H2,1-2H3,(H,15,16). The first-order chi connectivity index (χ1) is 8.00. The van der Waals surface area contributed by atoms with Gasteiger partial charge in [0.2, 0.25) is 5.91 Å². The van der Waals surface area contributed by atoms with Crippen LogP contribution in [0.25, 0.3) is 6.08 Å². The molecule has 0 aliphatic rings. The van der Waals surface area contributed by atoms with Gasteiger partial charge in [-0.05, 0) is 18.2 Å². The lowest BCUT2D eigenvalue weighted by molar-refractivity contribution is -0.142. The smallest absolute Gasteiger partial charge is 0.308 e. The normalized spacial score (nSPS) is 12.6. The Balaban J connectivity index is 2.50. The number of hydrogen-bond acceptors (Lipinski definition) is 3. The molecule has 0 saturated heterocycles. The molecule has 1 amide bonds. The van der Waals surface area contributed by atoms with Gasteiger partial charge in [0.25, 0.3) is 0 Å². The number of carbonyl (C=O) groups is 2. The van der Waals surface area contributed by atoms with Crippen LogP contribution in [0.2, 0.25) is 0 Å². The minimum atomic E-state index is -0.917. The van der Waals surface area contributed by atoms with Gasteiger partial charge in [0.1, 0.15) is 5.76 Å². The van der Waals surface area contributed by atoms with E-state index in [-0.39, 0.29) is 12.5 Å². The number of aliphatic carboxylic acids is 1. The Hall–Kier alpha value is -2.04. The Bertz CT molecular complexity index is 408. The van der Waals surface area contributed by atoms with E-state index in [4.69, 9.17) is 9.52 Å². The van der Waals surface area contributed by atoms with Crippen LogP contribution in [0.4, 0.5) is 0 Å². The van der Waals surface area contributed by atoms with Gasteiger partial charge < -0.3 is 14.4 Å². The number of amides is 1. The summed E-state index contributed by atoms with van der Waals surface area (Å²) in [5.74, 6) is -1.17. The molecule has 0 bridgehead atoms. The Labute approximate surface area is 99.3 Å². The summed E-state index contributed by atoms with van der Waals surface area (Å²) < 4.78 is 5.03. The van der Waals surface area contributed by atoms with E-state index in [0.29, 0.717) is 5.76 Å². The number of carboxylic acid groups (broad SMARTS) is 1. The monoisotopic (exact) mass is 237 g/mol. The van der Waals surface area contributed by atoms with Crippen molar-refractivity contribution in [1.82, 2.24) is 4.90 Å². The lowest BCUT2D eigenvalue weighted by atomic mass is 10.2. The second-order valence-corrected chi connectivity index (χ2v) is 3.81. The maximum absolute atomic E-state index is 11.6. The molecular weight excluding hydrogens is 222 g/mol. The van der Waals surface area contributed by atoms with Crippen LogP contribution in [0, 0.1) is 5.92 Å². The van der Waals surface area contributed by atoms with Crippen molar-refractivity contribution in [3.05, 3.63) is 30.2 Å². The number of rotatable bonds is 5. The summed E-state index contributed by atoms with van der Waals surface area (Å²) in [6.07, 6.45) is 4.41. The van der Waals surface area contributed by atoms with Gasteiger partial charge in [0, 0.05) is 19.7 Å². The molecule has 0 aliphatic carbocycles. The van der Waals surface area contributed by atoms with E-state index in [2.05, 4.69) is 0 Å². The molecule has 1 aromatic heterocycles. The third-order valence-corrected chi connectivity index (χ3v) is 2.28. The minimum Gasteiger partial charge on any atom is -0.481 e. The SMILES string of the molecule is CC(CN(C)C(=O)C=Cc1ccco1)C(=O)O. The number of likely N-dealkylation sites (N-methyl/N-ethyl adjacent to an activating group) is 1. The van der Waals surface area contributed by atoms with E-state index in [9.17, 15) is 9.59 Å². The zero-order valence-corrected chi connectivity index (χ0v) is 9.79. The van der Waals surface area contributed by atoms with Crippen molar-refractivity contribution in [3.8, 4) is 0 Å². The van der Waals surface area contributed by atoms with Crippen LogP contribution in [0.15, 0.2) is 28.9 Å². The van der Waals surface area contributed by atoms with Gasteiger partial charge in [0.05, 0.1) is 12.2 Å². The molecule has 1 aromatic rings. The molecule has 1 atom stereocenters. The summed E-state index contributed by atoms with van der Waals surface area (Å²) in [5, 5.41) is 8.72. The highest BCUT2D eigenvalue weighted by Gasteiger charge is 2.15. The van der Waals surface area contributed by atoms with Gasteiger partial charge in [0.15, 0.2) is 0 Å². The first-order valence-electron chi connectivity index (χ1n) is 5.20. The fourth-order valence-corrected chi connectivity index (χ4v) is 1.25. The highest BCUT2D eigenvalue weighted by molar-refractivity contribution is 5.91. The van der Waals surface area contributed by atoms with Crippen LogP contribution in [-0.2, 0) is 9.59 Å². The van der Waals surface area contributed by atoms with Crippen LogP contribution in [0.5, 0.6) is 0 Å². The highest BCUT2D eigenvalue weighted by atomic mass is 16.4. The molecule has 0 spiro atoms.